The van der Waals surface area contributed by atoms with Gasteiger partial charge in [0.25, 0.3) is 0 Å². The molecular formula is C48H93NO8. The maximum absolute atomic E-state index is 13.0. The van der Waals surface area contributed by atoms with E-state index in [1.54, 1.807) is 6.08 Å². The Kier molecular flexibility index (Phi) is 37.0. The summed E-state index contributed by atoms with van der Waals surface area (Å²) in [5.74, 6) is -0.173. The molecule has 0 radical (unpaired) electrons. The third-order valence-corrected chi connectivity index (χ3v) is 11.9. The minimum Gasteiger partial charge on any atom is -0.394 e. The van der Waals surface area contributed by atoms with Crippen molar-refractivity contribution in [2.75, 3.05) is 13.2 Å². The summed E-state index contributed by atoms with van der Waals surface area (Å²) < 4.78 is 11.2. The van der Waals surface area contributed by atoms with Gasteiger partial charge in [-0.05, 0) is 19.3 Å². The lowest BCUT2D eigenvalue weighted by molar-refractivity contribution is -0.302. The molecule has 7 unspecified atom stereocenters. The minimum absolute atomic E-state index is 0.173. The number of allylic oxidation sites excluding steroid dienone is 1. The molecule has 6 N–H and O–H groups in total. The van der Waals surface area contributed by atoms with Gasteiger partial charge in [-0.1, -0.05) is 219 Å². The van der Waals surface area contributed by atoms with Crippen LogP contribution in [0.5, 0.6) is 0 Å². The summed E-state index contributed by atoms with van der Waals surface area (Å²) in [5, 5.41) is 54.2. The van der Waals surface area contributed by atoms with Gasteiger partial charge >= 0.3 is 0 Å². The van der Waals surface area contributed by atoms with Crippen LogP contribution < -0.4 is 5.32 Å². The first-order chi connectivity index (χ1) is 27.8. The fourth-order valence-electron chi connectivity index (χ4n) is 7.92. The van der Waals surface area contributed by atoms with Crippen LogP contribution in [0.1, 0.15) is 232 Å². The summed E-state index contributed by atoms with van der Waals surface area (Å²) in [6.07, 6.45) is 38.3. The lowest BCUT2D eigenvalue weighted by Crippen LogP contribution is -2.60. The molecule has 7 atom stereocenters. The van der Waals surface area contributed by atoms with E-state index in [-0.39, 0.29) is 12.5 Å². The third-order valence-electron chi connectivity index (χ3n) is 11.9. The SMILES string of the molecule is CCCCCCCCCCCCCC/C=C/C(O)C(COC1OC(CO)C(O)C(O)C1O)NC(=O)CCCCCCCCCCCCCCCCCCCCCC. The summed E-state index contributed by atoms with van der Waals surface area (Å²) in [6, 6.07) is -0.798. The second kappa shape index (κ2) is 39.1. The van der Waals surface area contributed by atoms with Gasteiger partial charge in [0.05, 0.1) is 25.4 Å². The van der Waals surface area contributed by atoms with Crippen molar-refractivity contribution in [1.29, 1.82) is 0 Å². The van der Waals surface area contributed by atoms with E-state index in [4.69, 9.17) is 9.47 Å². The van der Waals surface area contributed by atoms with Gasteiger partial charge in [-0.25, -0.2) is 0 Å². The van der Waals surface area contributed by atoms with Crippen molar-refractivity contribution in [2.24, 2.45) is 0 Å². The summed E-state index contributed by atoms with van der Waals surface area (Å²) in [5.41, 5.74) is 0. The monoisotopic (exact) mass is 812 g/mol. The molecule has 57 heavy (non-hydrogen) atoms. The standard InChI is InChI=1S/C48H93NO8/c1-3-5-7-9-11-13-15-17-19-20-21-22-23-24-26-28-30-32-34-36-38-44(52)49-41(40-56-48-47(55)46(54)45(53)43(39-50)57-48)42(51)37-35-33-31-29-27-25-18-16-14-12-10-8-6-4-2/h35,37,41-43,45-48,50-51,53-55H,3-34,36,38-40H2,1-2H3,(H,49,52)/b37-35+. The molecule has 0 spiro atoms. The number of amides is 1. The Balaban J connectivity index is 2.29. The number of nitrogens with one attached hydrogen (secondary N) is 1. The summed E-state index contributed by atoms with van der Waals surface area (Å²) in [4.78, 5) is 13.0. The maximum Gasteiger partial charge on any atom is 0.220 e. The Labute approximate surface area is 350 Å². The molecule has 0 aromatic rings. The average molecular weight is 812 g/mol. The van der Waals surface area contributed by atoms with E-state index < -0.39 is 49.5 Å². The average Bonchev–Trinajstić information content (AvgIpc) is 3.21. The molecule has 1 amide bonds. The van der Waals surface area contributed by atoms with Gasteiger partial charge in [0.1, 0.15) is 24.4 Å². The van der Waals surface area contributed by atoms with Crippen LogP contribution in [-0.4, -0.2) is 87.5 Å². The molecule has 338 valence electrons. The molecule has 0 aromatic carbocycles. The van der Waals surface area contributed by atoms with Crippen LogP contribution >= 0.6 is 0 Å². The van der Waals surface area contributed by atoms with E-state index in [0.29, 0.717) is 6.42 Å². The van der Waals surface area contributed by atoms with Crippen LogP contribution in [0.3, 0.4) is 0 Å². The van der Waals surface area contributed by atoms with Crippen LogP contribution in [0.15, 0.2) is 12.2 Å². The second-order valence-corrected chi connectivity index (χ2v) is 17.3. The highest BCUT2D eigenvalue weighted by atomic mass is 16.7. The normalized spacial score (nSPS) is 21.0. The van der Waals surface area contributed by atoms with Crippen molar-refractivity contribution < 1.29 is 39.8 Å². The van der Waals surface area contributed by atoms with Crippen molar-refractivity contribution in [1.82, 2.24) is 5.32 Å². The Morgan fingerprint density at radius 1 is 0.579 bits per heavy atom. The Hall–Kier alpha value is -1.07. The molecule has 1 aliphatic heterocycles. The predicted octanol–water partition coefficient (Wildman–Crippen LogP) is 10.5. The van der Waals surface area contributed by atoms with E-state index in [9.17, 15) is 30.3 Å². The number of unbranched alkanes of at least 4 members (excludes halogenated alkanes) is 31. The highest BCUT2D eigenvalue weighted by Gasteiger charge is 2.44. The van der Waals surface area contributed by atoms with E-state index in [1.807, 2.05) is 6.08 Å². The number of aliphatic hydroxyl groups is 5. The topological polar surface area (TPSA) is 149 Å². The van der Waals surface area contributed by atoms with Crippen molar-refractivity contribution in [3.63, 3.8) is 0 Å². The largest absolute Gasteiger partial charge is 0.394 e. The number of hydrogen-bond donors (Lipinski definition) is 6. The summed E-state index contributed by atoms with van der Waals surface area (Å²) in [6.45, 7) is 3.79. The summed E-state index contributed by atoms with van der Waals surface area (Å²) in [7, 11) is 0. The Bertz CT molecular complexity index is 904. The molecule has 9 nitrogen and oxygen atoms in total. The molecule has 1 fully saturated rings. The number of carbonyl (C=O) groups excluding carboxylic acids is 1. The molecule has 1 aliphatic rings. The maximum atomic E-state index is 13.0. The Morgan fingerprint density at radius 3 is 1.37 bits per heavy atom. The smallest absolute Gasteiger partial charge is 0.220 e. The van der Waals surface area contributed by atoms with E-state index >= 15 is 0 Å². The van der Waals surface area contributed by atoms with Gasteiger partial charge < -0.3 is 40.3 Å². The fraction of sp³-hybridized carbons (Fsp3) is 0.938. The molecule has 0 saturated carbocycles. The van der Waals surface area contributed by atoms with Crippen LogP contribution in [0.4, 0.5) is 0 Å². The van der Waals surface area contributed by atoms with Gasteiger partial charge in [-0.3, -0.25) is 4.79 Å². The van der Waals surface area contributed by atoms with E-state index in [0.717, 1.165) is 38.5 Å². The molecule has 0 aliphatic carbocycles. The number of carbonyl (C=O) groups is 1. The first-order valence-corrected chi connectivity index (χ1v) is 24.4. The lowest BCUT2D eigenvalue weighted by atomic mass is 9.99. The second-order valence-electron chi connectivity index (χ2n) is 17.3. The van der Waals surface area contributed by atoms with E-state index in [1.165, 1.54) is 173 Å². The number of rotatable bonds is 41. The molecule has 1 rings (SSSR count). The van der Waals surface area contributed by atoms with Gasteiger partial charge in [-0.2, -0.15) is 0 Å². The van der Waals surface area contributed by atoms with Crippen LogP contribution in [0.25, 0.3) is 0 Å². The van der Waals surface area contributed by atoms with Gasteiger partial charge in [0.15, 0.2) is 6.29 Å². The summed E-state index contributed by atoms with van der Waals surface area (Å²) >= 11 is 0. The molecular weight excluding hydrogens is 719 g/mol. The first kappa shape index (κ1) is 53.9. The van der Waals surface area contributed by atoms with Gasteiger partial charge in [-0.15, -0.1) is 0 Å². The highest BCUT2D eigenvalue weighted by Crippen LogP contribution is 2.23. The lowest BCUT2D eigenvalue weighted by Gasteiger charge is -2.40. The number of ether oxygens (including phenoxy) is 2. The van der Waals surface area contributed by atoms with Crippen LogP contribution in [0, 0.1) is 0 Å². The molecule has 1 heterocycles. The van der Waals surface area contributed by atoms with Gasteiger partial charge in [0, 0.05) is 6.42 Å². The van der Waals surface area contributed by atoms with Crippen molar-refractivity contribution in [3.8, 4) is 0 Å². The molecule has 9 heteroatoms. The van der Waals surface area contributed by atoms with Crippen LogP contribution in [0.2, 0.25) is 0 Å². The van der Waals surface area contributed by atoms with Crippen LogP contribution in [-0.2, 0) is 14.3 Å². The van der Waals surface area contributed by atoms with Gasteiger partial charge in [0.2, 0.25) is 5.91 Å². The zero-order valence-corrected chi connectivity index (χ0v) is 37.1. The molecule has 0 bridgehead atoms. The molecule has 0 aromatic heterocycles. The quantitative estimate of drug-likeness (QED) is 0.0264. The van der Waals surface area contributed by atoms with Crippen molar-refractivity contribution in [2.45, 2.75) is 275 Å². The third kappa shape index (κ3) is 29.7. The number of hydrogen-bond acceptors (Lipinski definition) is 8. The Morgan fingerprint density at radius 2 is 0.965 bits per heavy atom. The van der Waals surface area contributed by atoms with Crippen molar-refractivity contribution in [3.05, 3.63) is 12.2 Å². The van der Waals surface area contributed by atoms with Crippen molar-refractivity contribution >= 4 is 5.91 Å². The molecule has 1 saturated heterocycles. The fourth-order valence-corrected chi connectivity index (χ4v) is 7.92. The highest BCUT2D eigenvalue weighted by molar-refractivity contribution is 5.76. The first-order valence-electron chi connectivity index (χ1n) is 24.4. The number of aliphatic hydroxyl groups excluding tert-OH is 5. The van der Waals surface area contributed by atoms with E-state index in [2.05, 4.69) is 19.2 Å². The predicted molar refractivity (Wildman–Crippen MR) is 235 cm³/mol. The zero-order valence-electron chi connectivity index (χ0n) is 37.1. The zero-order chi connectivity index (χ0) is 41.6. The minimum atomic E-state index is -1.56.